The minimum atomic E-state index is 0.528. The first-order valence-electron chi connectivity index (χ1n) is 7.30. The van der Waals surface area contributed by atoms with Gasteiger partial charge in [-0.25, -0.2) is 4.98 Å². The Morgan fingerprint density at radius 1 is 1.20 bits per heavy atom. The number of anilines is 2. The smallest absolute Gasteiger partial charge is 0.227 e. The van der Waals surface area contributed by atoms with Crippen LogP contribution in [0.15, 0.2) is 0 Å². The highest BCUT2D eigenvalue weighted by Crippen LogP contribution is 2.24. The van der Waals surface area contributed by atoms with Crippen LogP contribution in [0.5, 0.6) is 0 Å². The van der Waals surface area contributed by atoms with Crippen molar-refractivity contribution in [3.8, 4) is 0 Å². The lowest BCUT2D eigenvalue weighted by molar-refractivity contribution is 0.181. The summed E-state index contributed by atoms with van der Waals surface area (Å²) in [6.45, 7) is 5.58. The summed E-state index contributed by atoms with van der Waals surface area (Å²) in [5.41, 5.74) is 0.971. The molecule has 1 aromatic heterocycles. The Kier molecular flexibility index (Phi) is 6.28. The average molecular weight is 390 g/mol. The lowest BCUT2D eigenvalue weighted by Crippen LogP contribution is -2.27. The minimum absolute atomic E-state index is 0.528. The molecule has 0 bridgehead atoms. The van der Waals surface area contributed by atoms with Gasteiger partial charge in [-0.3, -0.25) is 0 Å². The molecule has 1 fully saturated rings. The summed E-state index contributed by atoms with van der Waals surface area (Å²) >= 11 is 2.30. The van der Waals surface area contributed by atoms with Crippen LogP contribution in [-0.2, 0) is 11.3 Å². The van der Waals surface area contributed by atoms with Gasteiger partial charge in [-0.1, -0.05) is 12.8 Å². The maximum atomic E-state index is 5.27. The highest BCUT2D eigenvalue weighted by molar-refractivity contribution is 14.1. The lowest BCUT2D eigenvalue weighted by atomic mass is 10.2. The van der Waals surface area contributed by atoms with Gasteiger partial charge in [0.25, 0.3) is 0 Å². The van der Waals surface area contributed by atoms with Gasteiger partial charge in [0.15, 0.2) is 0 Å². The summed E-state index contributed by atoms with van der Waals surface area (Å²) in [5.74, 6) is 1.77. The third kappa shape index (κ3) is 3.94. The van der Waals surface area contributed by atoms with E-state index < -0.39 is 0 Å². The third-order valence-electron chi connectivity index (χ3n) is 3.42. The van der Waals surface area contributed by atoms with E-state index in [0.29, 0.717) is 6.61 Å². The summed E-state index contributed by atoms with van der Waals surface area (Å²) in [6, 6.07) is 0. The summed E-state index contributed by atoms with van der Waals surface area (Å²) < 4.78 is 6.33. The molecule has 0 aliphatic carbocycles. The molecule has 2 heterocycles. The number of aromatic nitrogens is 2. The van der Waals surface area contributed by atoms with Gasteiger partial charge in [0.05, 0.1) is 15.9 Å². The van der Waals surface area contributed by atoms with E-state index in [0.717, 1.165) is 40.7 Å². The van der Waals surface area contributed by atoms with E-state index in [-0.39, 0.29) is 0 Å². The fourth-order valence-corrected chi connectivity index (χ4v) is 3.00. The monoisotopic (exact) mass is 390 g/mol. The highest BCUT2D eigenvalue weighted by atomic mass is 127. The SMILES string of the molecule is CCNc1nc(N2CCCCCC2)nc(COC)c1I. The normalized spacial score (nSPS) is 16.1. The number of hydrogen-bond acceptors (Lipinski definition) is 5. The van der Waals surface area contributed by atoms with Crippen LogP contribution in [0.3, 0.4) is 0 Å². The standard InChI is InChI=1S/C14H23IN4O/c1-3-16-13-12(15)11(10-20-2)17-14(18-13)19-8-6-4-5-7-9-19/h3-10H2,1-2H3,(H,16,17,18). The van der Waals surface area contributed by atoms with E-state index in [4.69, 9.17) is 14.7 Å². The fraction of sp³-hybridized carbons (Fsp3) is 0.714. The number of hydrogen-bond donors (Lipinski definition) is 1. The van der Waals surface area contributed by atoms with Crippen LogP contribution in [0.2, 0.25) is 0 Å². The zero-order valence-corrected chi connectivity index (χ0v) is 14.4. The second kappa shape index (κ2) is 7.97. The van der Waals surface area contributed by atoms with Gasteiger partial charge in [-0.2, -0.15) is 4.98 Å². The van der Waals surface area contributed by atoms with Crippen molar-refractivity contribution in [2.45, 2.75) is 39.2 Å². The van der Waals surface area contributed by atoms with Crippen LogP contribution in [0.4, 0.5) is 11.8 Å². The molecule has 0 saturated carbocycles. The van der Waals surface area contributed by atoms with E-state index in [2.05, 4.69) is 39.7 Å². The van der Waals surface area contributed by atoms with Gasteiger partial charge in [0.1, 0.15) is 5.82 Å². The fourth-order valence-electron chi connectivity index (χ4n) is 2.41. The molecule has 1 N–H and O–H groups in total. The molecule has 0 aromatic carbocycles. The van der Waals surface area contributed by atoms with Crippen molar-refractivity contribution in [1.29, 1.82) is 0 Å². The third-order valence-corrected chi connectivity index (χ3v) is 4.56. The van der Waals surface area contributed by atoms with Crippen molar-refractivity contribution < 1.29 is 4.74 Å². The first-order valence-corrected chi connectivity index (χ1v) is 8.38. The van der Waals surface area contributed by atoms with Crippen molar-refractivity contribution >= 4 is 34.4 Å². The minimum Gasteiger partial charge on any atom is -0.378 e. The van der Waals surface area contributed by atoms with Crippen molar-refractivity contribution in [2.24, 2.45) is 0 Å². The molecule has 0 spiro atoms. The van der Waals surface area contributed by atoms with Crippen molar-refractivity contribution in [1.82, 2.24) is 9.97 Å². The van der Waals surface area contributed by atoms with Crippen LogP contribution in [0.1, 0.15) is 38.3 Å². The van der Waals surface area contributed by atoms with Crippen LogP contribution in [0, 0.1) is 3.57 Å². The molecule has 1 aromatic rings. The highest BCUT2D eigenvalue weighted by Gasteiger charge is 2.17. The van der Waals surface area contributed by atoms with E-state index in [1.54, 1.807) is 7.11 Å². The predicted molar refractivity (Wildman–Crippen MR) is 90.3 cm³/mol. The summed E-state index contributed by atoms with van der Waals surface area (Å²) in [5, 5.41) is 3.33. The number of methoxy groups -OCH3 is 1. The molecular formula is C14H23IN4O. The molecule has 0 amide bonds. The summed E-state index contributed by atoms with van der Waals surface area (Å²) in [7, 11) is 1.71. The molecular weight excluding hydrogens is 367 g/mol. The van der Waals surface area contributed by atoms with Gasteiger partial charge in [0, 0.05) is 26.7 Å². The molecule has 2 rings (SSSR count). The number of halogens is 1. The van der Waals surface area contributed by atoms with E-state index >= 15 is 0 Å². The van der Waals surface area contributed by atoms with Crippen molar-refractivity contribution in [3.63, 3.8) is 0 Å². The molecule has 0 unspecified atom stereocenters. The zero-order chi connectivity index (χ0) is 14.4. The van der Waals surface area contributed by atoms with Crippen molar-refractivity contribution in [3.05, 3.63) is 9.26 Å². The molecule has 1 saturated heterocycles. The second-order valence-electron chi connectivity index (χ2n) is 5.00. The maximum Gasteiger partial charge on any atom is 0.227 e. The Morgan fingerprint density at radius 3 is 2.50 bits per heavy atom. The Hall–Kier alpha value is -0.630. The first-order chi connectivity index (χ1) is 9.76. The Bertz CT molecular complexity index is 406. The van der Waals surface area contributed by atoms with Gasteiger partial charge in [-0.05, 0) is 42.4 Å². The Labute approximate surface area is 134 Å². The quantitative estimate of drug-likeness (QED) is 0.784. The summed E-state index contributed by atoms with van der Waals surface area (Å²) in [4.78, 5) is 11.7. The predicted octanol–water partition coefficient (Wildman–Crippen LogP) is 3.04. The molecule has 112 valence electrons. The van der Waals surface area contributed by atoms with E-state index in [1.165, 1.54) is 25.7 Å². The summed E-state index contributed by atoms with van der Waals surface area (Å²) in [6.07, 6.45) is 5.08. The van der Waals surface area contributed by atoms with Gasteiger partial charge in [-0.15, -0.1) is 0 Å². The average Bonchev–Trinajstić information content (AvgIpc) is 2.72. The van der Waals surface area contributed by atoms with E-state index in [9.17, 15) is 0 Å². The number of nitrogens with zero attached hydrogens (tertiary/aromatic N) is 3. The van der Waals surface area contributed by atoms with Crippen LogP contribution >= 0.6 is 22.6 Å². The molecule has 1 aliphatic rings. The van der Waals surface area contributed by atoms with Gasteiger partial charge >= 0.3 is 0 Å². The van der Waals surface area contributed by atoms with Gasteiger partial charge in [0.2, 0.25) is 5.95 Å². The maximum absolute atomic E-state index is 5.27. The Balaban J connectivity index is 2.30. The molecule has 20 heavy (non-hydrogen) atoms. The second-order valence-corrected chi connectivity index (χ2v) is 6.08. The largest absolute Gasteiger partial charge is 0.378 e. The number of ether oxygens (including phenoxy) is 1. The molecule has 6 heteroatoms. The van der Waals surface area contributed by atoms with E-state index in [1.807, 2.05) is 0 Å². The van der Waals surface area contributed by atoms with Crippen LogP contribution in [0.25, 0.3) is 0 Å². The number of nitrogens with one attached hydrogen (secondary N) is 1. The zero-order valence-electron chi connectivity index (χ0n) is 12.3. The Morgan fingerprint density at radius 2 is 1.90 bits per heavy atom. The molecule has 0 atom stereocenters. The van der Waals surface area contributed by atoms with Crippen LogP contribution in [-0.4, -0.2) is 36.7 Å². The van der Waals surface area contributed by atoms with Crippen molar-refractivity contribution in [2.75, 3.05) is 37.0 Å². The number of rotatable bonds is 5. The molecule has 1 aliphatic heterocycles. The van der Waals surface area contributed by atoms with Gasteiger partial charge < -0.3 is 15.0 Å². The topological polar surface area (TPSA) is 50.3 Å². The van der Waals surface area contributed by atoms with Crippen LogP contribution < -0.4 is 10.2 Å². The first kappa shape index (κ1) is 15.8. The lowest BCUT2D eigenvalue weighted by Gasteiger charge is -2.22. The molecule has 0 radical (unpaired) electrons. The molecule has 5 nitrogen and oxygen atoms in total.